The van der Waals surface area contributed by atoms with Crippen LogP contribution in [0.15, 0.2) is 24.3 Å². The number of hydrogen-bond donors (Lipinski definition) is 1. The molecule has 21 heavy (non-hydrogen) atoms. The minimum Gasteiger partial charge on any atom is -0.481 e. The van der Waals surface area contributed by atoms with Gasteiger partial charge in [0.15, 0.2) is 0 Å². The Morgan fingerprint density at radius 3 is 2.90 bits per heavy atom. The van der Waals surface area contributed by atoms with Crippen LogP contribution in [0.25, 0.3) is 10.6 Å². The van der Waals surface area contributed by atoms with E-state index in [2.05, 4.69) is 29.2 Å². The second kappa shape index (κ2) is 4.95. The molecule has 1 unspecified atom stereocenters. The van der Waals surface area contributed by atoms with E-state index in [1.54, 1.807) is 11.3 Å². The van der Waals surface area contributed by atoms with Crippen LogP contribution in [0.4, 0.5) is 0 Å². The predicted molar refractivity (Wildman–Crippen MR) is 82.8 cm³/mol. The summed E-state index contributed by atoms with van der Waals surface area (Å²) in [5.41, 5.74) is 3.35. The van der Waals surface area contributed by atoms with Crippen LogP contribution in [-0.4, -0.2) is 16.1 Å². The largest absolute Gasteiger partial charge is 0.481 e. The van der Waals surface area contributed by atoms with Crippen molar-refractivity contribution in [3.8, 4) is 10.6 Å². The minimum absolute atomic E-state index is 0.412. The van der Waals surface area contributed by atoms with E-state index in [0.29, 0.717) is 6.42 Å². The summed E-state index contributed by atoms with van der Waals surface area (Å²) in [6.07, 6.45) is 5.22. The fourth-order valence-electron chi connectivity index (χ4n) is 3.12. The molecule has 2 aliphatic carbocycles. The zero-order chi connectivity index (χ0) is 14.4. The van der Waals surface area contributed by atoms with Crippen molar-refractivity contribution in [1.82, 2.24) is 4.98 Å². The predicted octanol–water partition coefficient (Wildman–Crippen LogP) is 4.19. The van der Waals surface area contributed by atoms with Gasteiger partial charge in [0.1, 0.15) is 5.01 Å². The first-order valence-electron chi connectivity index (χ1n) is 7.55. The van der Waals surface area contributed by atoms with E-state index in [4.69, 9.17) is 0 Å². The van der Waals surface area contributed by atoms with E-state index >= 15 is 0 Å². The first kappa shape index (κ1) is 13.0. The molecule has 108 valence electrons. The van der Waals surface area contributed by atoms with Crippen molar-refractivity contribution >= 4 is 17.3 Å². The molecule has 1 fully saturated rings. The average Bonchev–Trinajstić information content (AvgIpc) is 3.25. The molecule has 0 amide bonds. The Labute approximate surface area is 127 Å². The van der Waals surface area contributed by atoms with Gasteiger partial charge in [-0.15, -0.1) is 11.3 Å². The Morgan fingerprint density at radius 1 is 1.29 bits per heavy atom. The van der Waals surface area contributed by atoms with E-state index in [0.717, 1.165) is 35.0 Å². The van der Waals surface area contributed by atoms with Gasteiger partial charge >= 0.3 is 5.97 Å². The molecule has 0 radical (unpaired) electrons. The number of thiazole rings is 1. The van der Waals surface area contributed by atoms with Gasteiger partial charge in [0, 0.05) is 10.4 Å². The summed E-state index contributed by atoms with van der Waals surface area (Å²) in [5, 5.41) is 10.3. The van der Waals surface area contributed by atoms with Crippen molar-refractivity contribution < 1.29 is 9.90 Å². The molecule has 0 saturated heterocycles. The topological polar surface area (TPSA) is 50.2 Å². The van der Waals surface area contributed by atoms with Crippen LogP contribution in [0, 0.1) is 0 Å². The number of carbonyl (C=O) groups is 1. The maximum absolute atomic E-state index is 11.4. The van der Waals surface area contributed by atoms with E-state index in [1.165, 1.54) is 23.3 Å². The molecule has 1 aromatic heterocycles. The molecule has 0 aliphatic heterocycles. The number of carboxylic acids is 1. The lowest BCUT2D eigenvalue weighted by molar-refractivity contribution is -0.139. The molecule has 1 heterocycles. The maximum atomic E-state index is 11.4. The van der Waals surface area contributed by atoms with Gasteiger partial charge in [-0.2, -0.15) is 0 Å². The molecule has 1 saturated carbocycles. The van der Waals surface area contributed by atoms with Gasteiger partial charge in [-0.05, 0) is 49.7 Å². The maximum Gasteiger partial charge on any atom is 0.312 e. The van der Waals surface area contributed by atoms with Crippen molar-refractivity contribution in [2.24, 2.45) is 0 Å². The van der Waals surface area contributed by atoms with Gasteiger partial charge in [0.2, 0.25) is 0 Å². The standard InChI is InChI=1S/C17H17NO2S/c19-17(20)13-5-2-6-14-15(13)18-16(21-14)12-4-1-3-11(9-12)10-7-8-10/h1,3-4,9-10,13H,2,5-8H2,(H,19,20). The Balaban J connectivity index is 1.73. The zero-order valence-corrected chi connectivity index (χ0v) is 12.5. The van der Waals surface area contributed by atoms with Gasteiger partial charge in [-0.25, -0.2) is 4.98 Å². The molecule has 3 nitrogen and oxygen atoms in total. The molecule has 0 bridgehead atoms. The number of benzene rings is 1. The van der Waals surface area contributed by atoms with Gasteiger partial charge in [-0.1, -0.05) is 18.2 Å². The zero-order valence-electron chi connectivity index (χ0n) is 11.7. The summed E-state index contributed by atoms with van der Waals surface area (Å²) < 4.78 is 0. The van der Waals surface area contributed by atoms with Crippen molar-refractivity contribution in [3.63, 3.8) is 0 Å². The number of rotatable bonds is 3. The lowest BCUT2D eigenvalue weighted by Gasteiger charge is -2.16. The molecule has 4 rings (SSSR count). The monoisotopic (exact) mass is 299 g/mol. The highest BCUT2D eigenvalue weighted by molar-refractivity contribution is 7.15. The third-order valence-electron chi connectivity index (χ3n) is 4.43. The van der Waals surface area contributed by atoms with Crippen molar-refractivity contribution in [1.29, 1.82) is 0 Å². The molecule has 1 N–H and O–H groups in total. The van der Waals surface area contributed by atoms with Crippen molar-refractivity contribution in [2.75, 3.05) is 0 Å². The Hall–Kier alpha value is -1.68. The summed E-state index contributed by atoms with van der Waals surface area (Å²) in [6.45, 7) is 0. The fourth-order valence-corrected chi connectivity index (χ4v) is 4.29. The molecular weight excluding hydrogens is 282 g/mol. The van der Waals surface area contributed by atoms with Crippen molar-refractivity contribution in [3.05, 3.63) is 40.4 Å². The third kappa shape index (κ3) is 2.38. The first-order chi connectivity index (χ1) is 10.2. The lowest BCUT2D eigenvalue weighted by Crippen LogP contribution is -2.17. The second-order valence-electron chi connectivity index (χ2n) is 6.01. The van der Waals surface area contributed by atoms with Crippen LogP contribution in [0.5, 0.6) is 0 Å². The van der Waals surface area contributed by atoms with E-state index in [1.807, 2.05) is 0 Å². The number of nitrogens with zero attached hydrogens (tertiary/aromatic N) is 1. The van der Waals surface area contributed by atoms with Crippen LogP contribution in [0.1, 0.15) is 53.7 Å². The van der Waals surface area contributed by atoms with Crippen molar-refractivity contribution in [2.45, 2.75) is 43.9 Å². The highest BCUT2D eigenvalue weighted by Gasteiger charge is 2.30. The number of aryl methyl sites for hydroxylation is 1. The molecule has 1 atom stereocenters. The summed E-state index contributed by atoms with van der Waals surface area (Å²) in [5.74, 6) is -0.420. The Morgan fingerprint density at radius 2 is 2.14 bits per heavy atom. The number of aliphatic carboxylic acids is 1. The highest BCUT2D eigenvalue weighted by atomic mass is 32.1. The highest BCUT2D eigenvalue weighted by Crippen LogP contribution is 2.42. The Bertz CT molecular complexity index is 703. The van der Waals surface area contributed by atoms with Gasteiger partial charge in [0.05, 0.1) is 11.6 Å². The number of carboxylic acid groups (broad SMARTS) is 1. The molecule has 1 aromatic carbocycles. The number of aromatic nitrogens is 1. The van der Waals surface area contributed by atoms with Crippen LogP contribution in [-0.2, 0) is 11.2 Å². The normalized spacial score (nSPS) is 21.0. The second-order valence-corrected chi connectivity index (χ2v) is 7.09. The quantitative estimate of drug-likeness (QED) is 0.924. The van der Waals surface area contributed by atoms with E-state index < -0.39 is 11.9 Å². The third-order valence-corrected chi connectivity index (χ3v) is 5.61. The fraction of sp³-hybridized carbons (Fsp3) is 0.412. The lowest BCUT2D eigenvalue weighted by atomic mass is 9.91. The summed E-state index contributed by atoms with van der Waals surface area (Å²) in [7, 11) is 0. The average molecular weight is 299 g/mol. The van der Waals surface area contributed by atoms with Crippen LogP contribution in [0.3, 0.4) is 0 Å². The molecule has 2 aromatic rings. The SMILES string of the molecule is O=C(O)C1CCCc2sc(-c3cccc(C4CC4)c3)nc21. The van der Waals surface area contributed by atoms with Gasteiger partial charge in [0.25, 0.3) is 0 Å². The summed E-state index contributed by atoms with van der Waals surface area (Å²) >= 11 is 1.68. The van der Waals surface area contributed by atoms with Gasteiger partial charge < -0.3 is 5.11 Å². The molecular formula is C17H17NO2S. The molecule has 2 aliphatic rings. The Kier molecular flexibility index (Phi) is 3.07. The molecule has 4 heteroatoms. The summed E-state index contributed by atoms with van der Waals surface area (Å²) in [4.78, 5) is 17.2. The van der Waals surface area contributed by atoms with Crippen LogP contribution >= 0.6 is 11.3 Å². The van der Waals surface area contributed by atoms with Gasteiger partial charge in [-0.3, -0.25) is 4.79 Å². The van der Waals surface area contributed by atoms with Crippen LogP contribution in [0.2, 0.25) is 0 Å². The number of fused-ring (bicyclic) bond motifs is 1. The molecule has 0 spiro atoms. The first-order valence-corrected chi connectivity index (χ1v) is 8.37. The van der Waals surface area contributed by atoms with E-state index in [-0.39, 0.29) is 0 Å². The number of hydrogen-bond acceptors (Lipinski definition) is 3. The van der Waals surface area contributed by atoms with Crippen LogP contribution < -0.4 is 0 Å². The van der Waals surface area contributed by atoms with E-state index in [9.17, 15) is 9.90 Å². The smallest absolute Gasteiger partial charge is 0.312 e. The minimum atomic E-state index is -0.737. The summed E-state index contributed by atoms with van der Waals surface area (Å²) in [6, 6.07) is 8.61.